The number of aliphatic hydroxyl groups excluding tert-OH is 2. The van der Waals surface area contributed by atoms with Crippen LogP contribution >= 0.6 is 0 Å². The highest BCUT2D eigenvalue weighted by molar-refractivity contribution is 5.97. The van der Waals surface area contributed by atoms with E-state index in [2.05, 4.69) is 16.1 Å². The molecule has 0 bridgehead atoms. The van der Waals surface area contributed by atoms with Crippen molar-refractivity contribution >= 4 is 17.1 Å². The van der Waals surface area contributed by atoms with Crippen LogP contribution in [0.15, 0.2) is 107 Å². The second-order valence-corrected chi connectivity index (χ2v) is 7.24. The molecular formula is C30H36N2O2. The third-order valence-electron chi connectivity index (χ3n) is 5.16. The highest BCUT2D eigenvalue weighted by atomic mass is 16.3. The summed E-state index contributed by atoms with van der Waals surface area (Å²) in [5.41, 5.74) is 5.64. The minimum Gasteiger partial charge on any atom is -0.382 e. The largest absolute Gasteiger partial charge is 0.382 e. The van der Waals surface area contributed by atoms with Crippen LogP contribution in [0.25, 0.3) is 0 Å². The number of fused-ring (bicyclic) bond motifs is 1. The van der Waals surface area contributed by atoms with Gasteiger partial charge >= 0.3 is 0 Å². The summed E-state index contributed by atoms with van der Waals surface area (Å²) in [6.45, 7) is 8.00. The van der Waals surface area contributed by atoms with Gasteiger partial charge in [0.2, 0.25) is 0 Å². The first-order valence-electron chi connectivity index (χ1n) is 12.1. The number of aliphatic hydroxyl groups is 2. The van der Waals surface area contributed by atoms with Gasteiger partial charge in [-0.1, -0.05) is 113 Å². The lowest BCUT2D eigenvalue weighted by atomic mass is 10.0. The SMILES string of the molecule is CC.CC.OC(C1=NC=CC1)c1ccccc1.OC(C1=Nc2ccccc2C1)c1ccccc1. The Labute approximate surface area is 204 Å². The van der Waals surface area contributed by atoms with Gasteiger partial charge in [-0.3, -0.25) is 9.98 Å². The molecule has 3 aromatic carbocycles. The quantitative estimate of drug-likeness (QED) is 0.437. The molecular weight excluding hydrogens is 420 g/mol. The fourth-order valence-electron chi connectivity index (χ4n) is 3.53. The van der Waals surface area contributed by atoms with Crippen LogP contribution in [-0.2, 0) is 6.42 Å². The van der Waals surface area contributed by atoms with Crippen LogP contribution in [0.3, 0.4) is 0 Å². The summed E-state index contributed by atoms with van der Waals surface area (Å²) in [6.07, 6.45) is 4.05. The molecule has 178 valence electrons. The molecule has 0 amide bonds. The molecule has 0 spiro atoms. The number of hydrogen-bond acceptors (Lipinski definition) is 4. The monoisotopic (exact) mass is 456 g/mol. The zero-order valence-corrected chi connectivity index (χ0v) is 20.6. The second kappa shape index (κ2) is 14.7. The van der Waals surface area contributed by atoms with E-state index in [0.717, 1.165) is 41.1 Å². The van der Waals surface area contributed by atoms with Crippen molar-refractivity contribution in [1.29, 1.82) is 0 Å². The van der Waals surface area contributed by atoms with Gasteiger partial charge in [-0.05, 0) is 22.8 Å². The molecule has 2 N–H and O–H groups in total. The number of hydrogen-bond donors (Lipinski definition) is 2. The van der Waals surface area contributed by atoms with E-state index in [1.165, 1.54) is 5.56 Å². The summed E-state index contributed by atoms with van der Waals surface area (Å²) in [7, 11) is 0. The van der Waals surface area contributed by atoms with Crippen LogP contribution in [0, 0.1) is 0 Å². The van der Waals surface area contributed by atoms with Crippen molar-refractivity contribution in [2.45, 2.75) is 52.7 Å². The minimum absolute atomic E-state index is 0.545. The maximum atomic E-state index is 10.3. The van der Waals surface area contributed by atoms with E-state index in [1.54, 1.807) is 6.20 Å². The molecule has 5 rings (SSSR count). The van der Waals surface area contributed by atoms with Gasteiger partial charge in [0, 0.05) is 19.0 Å². The summed E-state index contributed by atoms with van der Waals surface area (Å²) in [5, 5.41) is 20.1. The number of benzene rings is 3. The van der Waals surface area contributed by atoms with Crippen molar-refractivity contribution < 1.29 is 10.2 Å². The summed E-state index contributed by atoms with van der Waals surface area (Å²) < 4.78 is 0. The van der Waals surface area contributed by atoms with Crippen molar-refractivity contribution in [3.05, 3.63) is 114 Å². The predicted octanol–water partition coefficient (Wildman–Crippen LogP) is 7.18. The topological polar surface area (TPSA) is 65.2 Å². The van der Waals surface area contributed by atoms with Crippen molar-refractivity contribution in [2.75, 3.05) is 0 Å². The van der Waals surface area contributed by atoms with E-state index < -0.39 is 12.2 Å². The van der Waals surface area contributed by atoms with Gasteiger partial charge in [0.15, 0.2) is 0 Å². The molecule has 2 atom stereocenters. The first-order chi connectivity index (χ1) is 16.7. The molecule has 0 radical (unpaired) electrons. The van der Waals surface area contributed by atoms with Gasteiger partial charge < -0.3 is 10.2 Å². The Bertz CT molecular complexity index is 1070. The standard InChI is InChI=1S/C15H13NO.C11H11NO.2C2H6/c17-15(11-6-2-1-3-7-11)14-10-12-8-4-5-9-13(12)16-14;13-11(10-7-4-8-12-10)9-5-2-1-3-6-9;2*1-2/h1-9,15,17H,10H2;1-6,8,11,13H,7H2;2*1-2H3. The summed E-state index contributed by atoms with van der Waals surface area (Å²) in [5.74, 6) is 0. The Kier molecular flexibility index (Phi) is 11.7. The number of para-hydroxylation sites is 1. The van der Waals surface area contributed by atoms with Gasteiger partial charge in [0.1, 0.15) is 12.2 Å². The highest BCUT2D eigenvalue weighted by Gasteiger charge is 2.21. The molecule has 0 fully saturated rings. The molecule has 0 saturated heterocycles. The number of nitrogens with zero attached hydrogens (tertiary/aromatic N) is 2. The van der Waals surface area contributed by atoms with Crippen molar-refractivity contribution in [3.63, 3.8) is 0 Å². The van der Waals surface area contributed by atoms with Crippen molar-refractivity contribution in [3.8, 4) is 0 Å². The molecule has 0 aromatic heterocycles. The second-order valence-electron chi connectivity index (χ2n) is 7.24. The maximum absolute atomic E-state index is 10.3. The molecule has 2 unspecified atom stereocenters. The van der Waals surface area contributed by atoms with Crippen LogP contribution in [0.2, 0.25) is 0 Å². The van der Waals surface area contributed by atoms with E-state index in [-0.39, 0.29) is 0 Å². The lowest BCUT2D eigenvalue weighted by molar-refractivity contribution is 0.246. The highest BCUT2D eigenvalue weighted by Crippen LogP contribution is 2.30. The van der Waals surface area contributed by atoms with E-state index in [1.807, 2.05) is 113 Å². The van der Waals surface area contributed by atoms with E-state index in [9.17, 15) is 10.2 Å². The summed E-state index contributed by atoms with van der Waals surface area (Å²) >= 11 is 0. The van der Waals surface area contributed by atoms with Crippen LogP contribution in [0.4, 0.5) is 5.69 Å². The Balaban J connectivity index is 0.000000215. The maximum Gasteiger partial charge on any atom is 0.117 e. The van der Waals surface area contributed by atoms with E-state index in [0.29, 0.717) is 0 Å². The molecule has 4 heteroatoms. The fourth-order valence-corrected chi connectivity index (χ4v) is 3.53. The molecule has 2 heterocycles. The normalized spacial score (nSPS) is 14.5. The molecule has 2 aliphatic rings. The predicted molar refractivity (Wildman–Crippen MR) is 144 cm³/mol. The lowest BCUT2D eigenvalue weighted by Gasteiger charge is -2.10. The van der Waals surface area contributed by atoms with E-state index in [4.69, 9.17) is 0 Å². The van der Waals surface area contributed by atoms with Crippen molar-refractivity contribution in [1.82, 2.24) is 0 Å². The Hall–Kier alpha value is -3.34. The van der Waals surface area contributed by atoms with Gasteiger partial charge in [0.05, 0.1) is 17.1 Å². The fraction of sp³-hybridized carbons (Fsp3) is 0.267. The zero-order valence-electron chi connectivity index (χ0n) is 20.6. The number of allylic oxidation sites excluding steroid dienone is 1. The molecule has 0 saturated carbocycles. The first-order valence-corrected chi connectivity index (χ1v) is 12.1. The molecule has 3 aromatic rings. The van der Waals surface area contributed by atoms with Gasteiger partial charge in [-0.25, -0.2) is 0 Å². The summed E-state index contributed by atoms with van der Waals surface area (Å²) in [4.78, 5) is 8.59. The zero-order chi connectivity index (χ0) is 24.8. The van der Waals surface area contributed by atoms with Crippen LogP contribution in [0.5, 0.6) is 0 Å². The number of rotatable bonds is 4. The smallest absolute Gasteiger partial charge is 0.117 e. The molecule has 4 nitrogen and oxygen atoms in total. The average Bonchev–Trinajstić information content (AvgIpc) is 3.62. The molecule has 2 aliphatic heterocycles. The van der Waals surface area contributed by atoms with E-state index >= 15 is 0 Å². The minimum atomic E-state index is -0.594. The van der Waals surface area contributed by atoms with Gasteiger partial charge in [-0.15, -0.1) is 0 Å². The van der Waals surface area contributed by atoms with Crippen LogP contribution in [0.1, 0.15) is 63.0 Å². The van der Waals surface area contributed by atoms with Crippen molar-refractivity contribution in [2.24, 2.45) is 9.98 Å². The Morgan fingerprint density at radius 3 is 1.65 bits per heavy atom. The molecule has 0 aliphatic carbocycles. The van der Waals surface area contributed by atoms with Gasteiger partial charge in [-0.2, -0.15) is 0 Å². The Morgan fingerprint density at radius 2 is 1.15 bits per heavy atom. The average molecular weight is 457 g/mol. The third kappa shape index (κ3) is 7.34. The molecule has 34 heavy (non-hydrogen) atoms. The summed E-state index contributed by atoms with van der Waals surface area (Å²) in [6, 6.07) is 27.3. The first kappa shape index (κ1) is 26.9. The van der Waals surface area contributed by atoms with Gasteiger partial charge in [0.25, 0.3) is 0 Å². The van der Waals surface area contributed by atoms with Crippen LogP contribution < -0.4 is 0 Å². The Morgan fingerprint density at radius 1 is 0.647 bits per heavy atom. The lowest BCUT2D eigenvalue weighted by Crippen LogP contribution is -2.11. The van der Waals surface area contributed by atoms with Crippen LogP contribution in [-0.4, -0.2) is 21.6 Å². The number of aliphatic imine (C=N–C) groups is 2. The third-order valence-corrected chi connectivity index (χ3v) is 5.16.